The molecule has 3 aromatic rings. The van der Waals surface area contributed by atoms with E-state index in [-0.39, 0.29) is 5.02 Å². The highest BCUT2D eigenvalue weighted by atomic mass is 35.5. The van der Waals surface area contributed by atoms with Crippen LogP contribution < -0.4 is 10.1 Å². The second-order valence-corrected chi connectivity index (χ2v) is 8.44. The molecule has 0 saturated carbocycles. The normalized spacial score (nSPS) is 11.1. The molecule has 0 fully saturated rings. The molecule has 3 rings (SSSR count). The Morgan fingerprint density at radius 1 is 1.30 bits per heavy atom. The molecule has 27 heavy (non-hydrogen) atoms. The zero-order valence-electron chi connectivity index (χ0n) is 15.1. The first-order valence-corrected chi connectivity index (χ1v) is 11.1. The van der Waals surface area contributed by atoms with Gasteiger partial charge in [-0.3, -0.25) is 14.1 Å². The molecule has 10 heteroatoms. The molecule has 0 atom stereocenters. The lowest BCUT2D eigenvalue weighted by molar-refractivity contribution is 0.218. The summed E-state index contributed by atoms with van der Waals surface area (Å²) in [4.78, 5) is 11.7. The predicted octanol–water partition coefficient (Wildman–Crippen LogP) is 4.84. The number of halogens is 1. The van der Waals surface area contributed by atoms with E-state index in [4.69, 9.17) is 41.4 Å². The molecule has 0 aliphatic rings. The van der Waals surface area contributed by atoms with Crippen LogP contribution in [0.15, 0.2) is 45.9 Å². The van der Waals surface area contributed by atoms with Crippen LogP contribution in [0.4, 0.5) is 0 Å². The van der Waals surface area contributed by atoms with Crippen molar-refractivity contribution in [2.75, 3.05) is 13.2 Å². The molecule has 7 nitrogen and oxygen atoms in total. The number of hydrogen-bond donors (Lipinski definition) is 1. The highest BCUT2D eigenvalue weighted by molar-refractivity contribution is 8.07. The summed E-state index contributed by atoms with van der Waals surface area (Å²) in [7, 11) is 0. The summed E-state index contributed by atoms with van der Waals surface area (Å²) < 4.78 is 21.7. The van der Waals surface area contributed by atoms with Gasteiger partial charge in [0, 0.05) is 35.7 Å². The molecule has 0 bridgehead atoms. The molecule has 1 aromatic carbocycles. The van der Waals surface area contributed by atoms with Crippen molar-refractivity contribution in [1.82, 2.24) is 10.2 Å². The standard InChI is InChI=1S/C14H16ClO5PS.C3H4N2/c1-4-17-21(22,18-5-2)20-10-6-7-11-9(3)13(15)14(16)19-12(11)8-10;1-2-4-5-3-1/h6-8H,4-5H2,1-3H3;1-3H,(H,4,5). The first-order chi connectivity index (χ1) is 12.9. The number of H-pyrrole nitrogens is 1. The molecule has 2 heterocycles. The Labute approximate surface area is 166 Å². The lowest BCUT2D eigenvalue weighted by Gasteiger charge is -2.21. The smallest absolute Gasteiger partial charge is 0.380 e. The van der Waals surface area contributed by atoms with Gasteiger partial charge in [0.2, 0.25) is 0 Å². The number of aromatic amines is 1. The fourth-order valence-electron chi connectivity index (χ4n) is 2.12. The topological polar surface area (TPSA) is 86.6 Å². The van der Waals surface area contributed by atoms with Gasteiger partial charge in [0.1, 0.15) is 16.4 Å². The lowest BCUT2D eigenvalue weighted by atomic mass is 10.1. The number of benzene rings is 1. The number of nitrogens with one attached hydrogen (secondary N) is 1. The highest BCUT2D eigenvalue weighted by Crippen LogP contribution is 2.50. The Morgan fingerprint density at radius 3 is 2.52 bits per heavy atom. The minimum absolute atomic E-state index is 0.0786. The third-order valence-electron chi connectivity index (χ3n) is 3.27. The second kappa shape index (κ2) is 10.0. The van der Waals surface area contributed by atoms with Crippen molar-refractivity contribution >= 4 is 41.1 Å². The fourth-order valence-corrected chi connectivity index (χ4v) is 4.34. The van der Waals surface area contributed by atoms with Crippen LogP contribution >= 0.6 is 18.3 Å². The highest BCUT2D eigenvalue weighted by Gasteiger charge is 2.21. The van der Waals surface area contributed by atoms with Crippen molar-refractivity contribution in [3.05, 3.63) is 57.7 Å². The van der Waals surface area contributed by atoms with Crippen LogP contribution in [0.25, 0.3) is 11.0 Å². The SMILES string of the molecule is CCOP(=S)(OCC)Oc1ccc2c(C)c(Cl)c(=O)oc2c1.c1cn[nH]c1. The van der Waals surface area contributed by atoms with Gasteiger partial charge in [0.05, 0.1) is 13.2 Å². The van der Waals surface area contributed by atoms with Gasteiger partial charge in [-0.05, 0) is 44.5 Å². The van der Waals surface area contributed by atoms with Crippen LogP contribution in [0.2, 0.25) is 5.02 Å². The van der Waals surface area contributed by atoms with Crippen LogP contribution in [0.1, 0.15) is 19.4 Å². The minimum atomic E-state index is -2.87. The molecule has 0 aliphatic heterocycles. The number of aromatic nitrogens is 2. The molecule has 2 aromatic heterocycles. The molecule has 0 aliphatic carbocycles. The molecule has 0 saturated heterocycles. The minimum Gasteiger partial charge on any atom is -0.424 e. The first-order valence-electron chi connectivity index (χ1n) is 8.15. The molecule has 1 N–H and O–H groups in total. The van der Waals surface area contributed by atoms with E-state index in [1.54, 1.807) is 37.5 Å². The number of hydrogen-bond acceptors (Lipinski definition) is 7. The third kappa shape index (κ3) is 5.89. The van der Waals surface area contributed by atoms with Crippen LogP contribution in [-0.4, -0.2) is 23.4 Å². The van der Waals surface area contributed by atoms with Crippen molar-refractivity contribution < 1.29 is 18.0 Å². The summed E-state index contributed by atoms with van der Waals surface area (Å²) in [5, 5.41) is 7.02. The fraction of sp³-hybridized carbons (Fsp3) is 0.294. The Kier molecular flexibility index (Phi) is 8.01. The van der Waals surface area contributed by atoms with E-state index in [1.165, 1.54) is 0 Å². The van der Waals surface area contributed by atoms with Crippen LogP contribution in [0.5, 0.6) is 5.75 Å². The number of aryl methyl sites for hydroxylation is 1. The number of nitrogens with zero attached hydrogens (tertiary/aromatic N) is 1. The Morgan fingerprint density at radius 2 is 2.00 bits per heavy atom. The maximum atomic E-state index is 11.7. The van der Waals surface area contributed by atoms with Crippen molar-refractivity contribution in [3.63, 3.8) is 0 Å². The Bertz CT molecular complexity index is 950. The maximum absolute atomic E-state index is 11.7. The predicted molar refractivity (Wildman–Crippen MR) is 109 cm³/mol. The molecular formula is C17H20ClN2O5PS. The molecular weight excluding hydrogens is 411 g/mol. The van der Waals surface area contributed by atoms with E-state index in [9.17, 15) is 4.79 Å². The lowest BCUT2D eigenvalue weighted by Crippen LogP contribution is -2.03. The first kappa shape index (κ1) is 21.6. The largest absolute Gasteiger partial charge is 0.424 e. The van der Waals surface area contributed by atoms with Gasteiger partial charge in [0.15, 0.2) is 0 Å². The summed E-state index contributed by atoms with van der Waals surface area (Å²) in [5.74, 6) is 0.419. The molecule has 0 unspecified atom stereocenters. The van der Waals surface area contributed by atoms with Gasteiger partial charge in [-0.2, -0.15) is 5.10 Å². The quantitative estimate of drug-likeness (QED) is 0.442. The van der Waals surface area contributed by atoms with Gasteiger partial charge in [0.25, 0.3) is 0 Å². The summed E-state index contributed by atoms with van der Waals surface area (Å²) in [6.07, 6.45) is 3.46. The maximum Gasteiger partial charge on any atom is 0.380 e. The number of rotatable bonds is 6. The zero-order chi connectivity index (χ0) is 19.9. The van der Waals surface area contributed by atoms with E-state index in [0.717, 1.165) is 5.39 Å². The van der Waals surface area contributed by atoms with E-state index in [2.05, 4.69) is 10.2 Å². The van der Waals surface area contributed by atoms with E-state index >= 15 is 0 Å². The van der Waals surface area contributed by atoms with Gasteiger partial charge >= 0.3 is 12.3 Å². The van der Waals surface area contributed by atoms with Crippen molar-refractivity contribution in [2.24, 2.45) is 0 Å². The van der Waals surface area contributed by atoms with Gasteiger partial charge in [-0.1, -0.05) is 11.6 Å². The third-order valence-corrected chi connectivity index (χ3v) is 6.14. The van der Waals surface area contributed by atoms with Gasteiger partial charge in [-0.25, -0.2) is 4.79 Å². The van der Waals surface area contributed by atoms with Crippen molar-refractivity contribution in [1.29, 1.82) is 0 Å². The molecule has 0 radical (unpaired) electrons. The summed E-state index contributed by atoms with van der Waals surface area (Å²) in [6.45, 7) is 3.29. The number of fused-ring (bicyclic) bond motifs is 1. The van der Waals surface area contributed by atoms with E-state index < -0.39 is 12.3 Å². The molecule has 0 amide bonds. The average molecular weight is 431 g/mol. The van der Waals surface area contributed by atoms with E-state index in [1.807, 2.05) is 19.9 Å². The van der Waals surface area contributed by atoms with Crippen LogP contribution in [-0.2, 0) is 20.9 Å². The van der Waals surface area contributed by atoms with Crippen LogP contribution in [0.3, 0.4) is 0 Å². The molecule has 0 spiro atoms. The zero-order valence-corrected chi connectivity index (χ0v) is 17.6. The summed E-state index contributed by atoms with van der Waals surface area (Å²) in [5.41, 5.74) is 0.449. The van der Waals surface area contributed by atoms with E-state index in [0.29, 0.717) is 30.1 Å². The summed E-state index contributed by atoms with van der Waals surface area (Å²) >= 11 is 11.2. The Hall–Kier alpha value is -1.70. The van der Waals surface area contributed by atoms with Gasteiger partial charge in [-0.15, -0.1) is 0 Å². The monoisotopic (exact) mass is 430 g/mol. The Balaban J connectivity index is 0.000000451. The molecule has 146 valence electrons. The van der Waals surface area contributed by atoms with Gasteiger partial charge < -0.3 is 8.94 Å². The van der Waals surface area contributed by atoms with Crippen LogP contribution in [0, 0.1) is 6.92 Å². The summed E-state index contributed by atoms with van der Waals surface area (Å²) in [6, 6.07) is 6.89. The average Bonchev–Trinajstić information content (AvgIpc) is 3.20. The van der Waals surface area contributed by atoms with Crippen molar-refractivity contribution in [2.45, 2.75) is 20.8 Å². The van der Waals surface area contributed by atoms with Crippen molar-refractivity contribution in [3.8, 4) is 5.75 Å². The second-order valence-electron chi connectivity index (χ2n) is 5.13.